The van der Waals surface area contributed by atoms with E-state index in [2.05, 4.69) is 11.5 Å². The van der Waals surface area contributed by atoms with Crippen molar-refractivity contribution in [2.24, 2.45) is 5.92 Å². The Labute approximate surface area is 169 Å². The number of piperidine rings is 1. The summed E-state index contributed by atoms with van der Waals surface area (Å²) >= 11 is 0. The first-order valence-corrected chi connectivity index (χ1v) is 10.5. The maximum absolute atomic E-state index is 13.2. The predicted octanol–water partition coefficient (Wildman–Crippen LogP) is 3.31. The predicted molar refractivity (Wildman–Crippen MR) is 112 cm³/mol. The summed E-state index contributed by atoms with van der Waals surface area (Å²) in [4.78, 5) is 17.7. The average molecular weight is 387 g/mol. The second-order valence-electron chi connectivity index (χ2n) is 7.95. The molecule has 1 amide bonds. The quantitative estimate of drug-likeness (QED) is 0.653. The Hall–Kier alpha value is -1.69. The zero-order valence-corrected chi connectivity index (χ0v) is 17.1. The SMILES string of the molecule is C=Cc1ccc(C(=O)N(CC2CCN(CCOC)CC2)C[C@H]2CCCO2)cc1. The molecule has 2 fully saturated rings. The van der Waals surface area contributed by atoms with Gasteiger partial charge < -0.3 is 19.3 Å². The zero-order valence-electron chi connectivity index (χ0n) is 17.1. The fraction of sp³-hybridized carbons (Fsp3) is 0.609. The second-order valence-corrected chi connectivity index (χ2v) is 7.95. The summed E-state index contributed by atoms with van der Waals surface area (Å²) in [5.74, 6) is 0.671. The number of hydrogen-bond donors (Lipinski definition) is 0. The van der Waals surface area contributed by atoms with Crippen molar-refractivity contribution >= 4 is 12.0 Å². The minimum Gasteiger partial charge on any atom is -0.383 e. The highest BCUT2D eigenvalue weighted by molar-refractivity contribution is 5.94. The molecule has 2 heterocycles. The van der Waals surface area contributed by atoms with Crippen molar-refractivity contribution < 1.29 is 14.3 Å². The summed E-state index contributed by atoms with van der Waals surface area (Å²) in [6.07, 6.45) is 6.39. The number of rotatable bonds is 9. The van der Waals surface area contributed by atoms with Gasteiger partial charge in [0.05, 0.1) is 12.7 Å². The Kier molecular flexibility index (Phi) is 8.07. The zero-order chi connectivity index (χ0) is 19.8. The van der Waals surface area contributed by atoms with Gasteiger partial charge in [-0.05, 0) is 62.4 Å². The van der Waals surface area contributed by atoms with Crippen LogP contribution < -0.4 is 0 Å². The number of nitrogens with zero attached hydrogens (tertiary/aromatic N) is 2. The van der Waals surface area contributed by atoms with Crippen molar-refractivity contribution in [1.82, 2.24) is 9.80 Å². The van der Waals surface area contributed by atoms with Crippen LogP contribution in [0.15, 0.2) is 30.8 Å². The van der Waals surface area contributed by atoms with E-state index < -0.39 is 0 Å². The third kappa shape index (κ3) is 5.90. The van der Waals surface area contributed by atoms with Crippen LogP contribution in [-0.2, 0) is 9.47 Å². The Balaban J connectivity index is 1.61. The smallest absolute Gasteiger partial charge is 0.253 e. The van der Waals surface area contributed by atoms with Gasteiger partial charge in [-0.2, -0.15) is 0 Å². The topological polar surface area (TPSA) is 42.0 Å². The summed E-state index contributed by atoms with van der Waals surface area (Å²) in [5, 5.41) is 0. The number of likely N-dealkylation sites (tertiary alicyclic amines) is 1. The molecular formula is C23H34N2O3. The molecule has 1 aromatic carbocycles. The van der Waals surface area contributed by atoms with Gasteiger partial charge in [0.1, 0.15) is 0 Å². The maximum Gasteiger partial charge on any atom is 0.253 e. The van der Waals surface area contributed by atoms with Gasteiger partial charge in [0.25, 0.3) is 5.91 Å². The molecule has 0 radical (unpaired) electrons. The van der Waals surface area contributed by atoms with E-state index in [0.717, 1.165) is 76.2 Å². The summed E-state index contributed by atoms with van der Waals surface area (Å²) in [6.45, 7) is 10.1. The molecule has 3 rings (SSSR count). The molecule has 0 N–H and O–H groups in total. The van der Waals surface area contributed by atoms with Crippen molar-refractivity contribution in [3.8, 4) is 0 Å². The standard InChI is InChI=1S/C23H34N2O3/c1-3-19-6-8-21(9-7-19)23(26)25(18-22-5-4-15-28-22)17-20-10-12-24(13-11-20)14-16-27-2/h3,6-9,20,22H,1,4-5,10-18H2,2H3/t22-/m1/s1. The lowest BCUT2D eigenvalue weighted by Crippen LogP contribution is -2.44. The number of amides is 1. The summed E-state index contributed by atoms with van der Waals surface area (Å²) < 4.78 is 11.0. The summed E-state index contributed by atoms with van der Waals surface area (Å²) in [5.41, 5.74) is 1.78. The minimum absolute atomic E-state index is 0.118. The molecule has 2 aliphatic rings. The van der Waals surface area contributed by atoms with Crippen molar-refractivity contribution in [1.29, 1.82) is 0 Å². The Bertz CT molecular complexity index is 617. The highest BCUT2D eigenvalue weighted by Crippen LogP contribution is 2.22. The number of hydrogen-bond acceptors (Lipinski definition) is 4. The van der Waals surface area contributed by atoms with Crippen LogP contribution in [0.25, 0.3) is 6.08 Å². The van der Waals surface area contributed by atoms with E-state index in [1.54, 1.807) is 13.2 Å². The van der Waals surface area contributed by atoms with E-state index in [4.69, 9.17) is 9.47 Å². The van der Waals surface area contributed by atoms with Crippen molar-refractivity contribution in [2.75, 3.05) is 53.0 Å². The third-order valence-electron chi connectivity index (χ3n) is 5.93. The van der Waals surface area contributed by atoms with E-state index >= 15 is 0 Å². The molecular weight excluding hydrogens is 352 g/mol. The molecule has 28 heavy (non-hydrogen) atoms. The number of ether oxygens (including phenoxy) is 2. The molecule has 0 aliphatic carbocycles. The van der Waals surface area contributed by atoms with E-state index in [9.17, 15) is 4.79 Å². The van der Waals surface area contributed by atoms with Crippen LogP contribution in [0.1, 0.15) is 41.6 Å². The molecule has 0 saturated carbocycles. The molecule has 5 heteroatoms. The molecule has 5 nitrogen and oxygen atoms in total. The Morgan fingerprint density at radius 3 is 2.61 bits per heavy atom. The van der Waals surface area contributed by atoms with Crippen LogP contribution in [0.4, 0.5) is 0 Å². The van der Waals surface area contributed by atoms with Crippen molar-refractivity contribution in [2.45, 2.75) is 31.8 Å². The van der Waals surface area contributed by atoms with Crippen LogP contribution in [-0.4, -0.2) is 74.9 Å². The molecule has 0 unspecified atom stereocenters. The van der Waals surface area contributed by atoms with Gasteiger partial charge in [-0.1, -0.05) is 24.8 Å². The molecule has 0 spiro atoms. The number of methoxy groups -OCH3 is 1. The van der Waals surface area contributed by atoms with Gasteiger partial charge in [-0.3, -0.25) is 4.79 Å². The lowest BCUT2D eigenvalue weighted by molar-refractivity contribution is 0.0437. The fourth-order valence-electron chi connectivity index (χ4n) is 4.14. The number of carbonyl (C=O) groups excluding carboxylic acids is 1. The largest absolute Gasteiger partial charge is 0.383 e. The average Bonchev–Trinajstić information content (AvgIpc) is 3.25. The second kappa shape index (κ2) is 10.7. The van der Waals surface area contributed by atoms with E-state index in [0.29, 0.717) is 12.5 Å². The van der Waals surface area contributed by atoms with Crippen LogP contribution in [0.3, 0.4) is 0 Å². The van der Waals surface area contributed by atoms with Gasteiger partial charge in [0, 0.05) is 38.9 Å². The summed E-state index contributed by atoms with van der Waals surface area (Å²) in [7, 11) is 1.75. The lowest BCUT2D eigenvalue weighted by Gasteiger charge is -2.35. The van der Waals surface area contributed by atoms with E-state index in [1.165, 1.54) is 0 Å². The van der Waals surface area contributed by atoms with E-state index in [-0.39, 0.29) is 12.0 Å². The van der Waals surface area contributed by atoms with Crippen LogP contribution in [0, 0.1) is 5.92 Å². The molecule has 2 aliphatic heterocycles. The lowest BCUT2D eigenvalue weighted by atomic mass is 9.95. The van der Waals surface area contributed by atoms with Gasteiger partial charge in [-0.25, -0.2) is 0 Å². The molecule has 1 atom stereocenters. The van der Waals surface area contributed by atoms with Crippen LogP contribution in [0.2, 0.25) is 0 Å². The van der Waals surface area contributed by atoms with Crippen molar-refractivity contribution in [3.63, 3.8) is 0 Å². The first kappa shape index (κ1) is 21.0. The molecule has 154 valence electrons. The molecule has 0 aromatic heterocycles. The van der Waals surface area contributed by atoms with Crippen molar-refractivity contribution in [3.05, 3.63) is 42.0 Å². The normalized spacial score (nSPS) is 21.0. The number of carbonyl (C=O) groups is 1. The minimum atomic E-state index is 0.118. The van der Waals surface area contributed by atoms with Gasteiger partial charge in [0.2, 0.25) is 0 Å². The van der Waals surface area contributed by atoms with E-state index in [1.807, 2.05) is 29.2 Å². The first-order valence-electron chi connectivity index (χ1n) is 10.5. The highest BCUT2D eigenvalue weighted by atomic mass is 16.5. The monoisotopic (exact) mass is 386 g/mol. The Morgan fingerprint density at radius 2 is 2.00 bits per heavy atom. The van der Waals surface area contributed by atoms with Gasteiger partial charge >= 0.3 is 0 Å². The van der Waals surface area contributed by atoms with Gasteiger partial charge in [0.15, 0.2) is 0 Å². The summed E-state index contributed by atoms with van der Waals surface area (Å²) in [6, 6.07) is 7.74. The Morgan fingerprint density at radius 1 is 1.25 bits per heavy atom. The van der Waals surface area contributed by atoms with Gasteiger partial charge in [-0.15, -0.1) is 0 Å². The highest BCUT2D eigenvalue weighted by Gasteiger charge is 2.27. The van der Waals surface area contributed by atoms with Crippen LogP contribution >= 0.6 is 0 Å². The molecule has 0 bridgehead atoms. The van der Waals surface area contributed by atoms with Crippen LogP contribution in [0.5, 0.6) is 0 Å². The first-order chi connectivity index (χ1) is 13.7. The third-order valence-corrected chi connectivity index (χ3v) is 5.93. The fourth-order valence-corrected chi connectivity index (χ4v) is 4.14. The molecule has 2 saturated heterocycles. The maximum atomic E-state index is 13.2. The number of benzene rings is 1. The molecule has 1 aromatic rings.